The number of anilines is 1. The lowest BCUT2D eigenvalue weighted by atomic mass is 9.52. The molecule has 2 bridgehead atoms. The highest BCUT2D eigenvalue weighted by Gasteiger charge is 2.50. The maximum Gasteiger partial charge on any atom is 0.167 e. The molecule has 5 aliphatic carbocycles. The van der Waals surface area contributed by atoms with Gasteiger partial charge in [-0.05, 0) is 87.8 Å². The zero-order valence-corrected chi connectivity index (χ0v) is 19.6. The number of benzene rings is 1. The highest BCUT2D eigenvalue weighted by Crippen LogP contribution is 2.58. The van der Waals surface area contributed by atoms with E-state index in [1.54, 1.807) is 0 Å². The van der Waals surface area contributed by atoms with E-state index in [4.69, 9.17) is 9.62 Å². The quantitative estimate of drug-likeness (QED) is 0.452. The summed E-state index contributed by atoms with van der Waals surface area (Å²) in [6, 6.07) is 13.2. The van der Waals surface area contributed by atoms with Crippen molar-refractivity contribution in [3.05, 3.63) is 53.5 Å². The first-order valence-corrected chi connectivity index (χ1v) is 13.0. The maximum atomic E-state index is 5.65. The molecule has 172 valence electrons. The number of fused-ring (bicyclic) bond motifs is 3. The molecule has 0 unspecified atom stereocenters. The van der Waals surface area contributed by atoms with Crippen LogP contribution in [-0.2, 0) is 12.5 Å². The van der Waals surface area contributed by atoms with Crippen LogP contribution in [0, 0.1) is 5.41 Å². The molecule has 0 spiro atoms. The maximum absolute atomic E-state index is 5.65. The summed E-state index contributed by atoms with van der Waals surface area (Å²) in [5.74, 6) is 2.25. The molecule has 1 N–H and O–H groups in total. The van der Waals surface area contributed by atoms with Gasteiger partial charge in [0.25, 0.3) is 0 Å². The van der Waals surface area contributed by atoms with Gasteiger partial charge >= 0.3 is 0 Å². The van der Waals surface area contributed by atoms with Crippen molar-refractivity contribution in [2.24, 2.45) is 12.5 Å². The average Bonchev–Trinajstić information content (AvgIpc) is 3.80. The summed E-state index contributed by atoms with van der Waals surface area (Å²) in [5, 5.41) is 13.0. The highest BCUT2D eigenvalue weighted by molar-refractivity contribution is 5.64. The second-order valence-corrected chi connectivity index (χ2v) is 11.5. The number of aromatic nitrogens is 3. The van der Waals surface area contributed by atoms with Crippen LogP contribution in [-0.4, -0.2) is 21.5 Å². The molecule has 2 heterocycles. The molecule has 33 heavy (non-hydrogen) atoms. The third kappa shape index (κ3) is 3.51. The van der Waals surface area contributed by atoms with Crippen molar-refractivity contribution in [1.82, 2.24) is 14.9 Å². The van der Waals surface area contributed by atoms with Crippen LogP contribution in [0.4, 0.5) is 5.69 Å². The van der Waals surface area contributed by atoms with E-state index in [2.05, 4.69) is 58.6 Å². The Morgan fingerprint density at radius 2 is 1.67 bits per heavy atom. The minimum Gasteiger partial charge on any atom is -0.384 e. The predicted octanol–water partition coefficient (Wildman–Crippen LogP) is 6.53. The zero-order chi connectivity index (χ0) is 22.0. The third-order valence-electron chi connectivity index (χ3n) is 9.18. The van der Waals surface area contributed by atoms with Crippen LogP contribution in [0.25, 0.3) is 11.3 Å². The summed E-state index contributed by atoms with van der Waals surface area (Å²) in [6.07, 6.45) is 13.0. The van der Waals surface area contributed by atoms with Crippen LogP contribution in [0.3, 0.4) is 0 Å². The molecule has 0 aliphatic heterocycles. The van der Waals surface area contributed by atoms with Crippen molar-refractivity contribution in [2.75, 3.05) is 11.9 Å². The minimum absolute atomic E-state index is 0.363. The molecule has 5 nitrogen and oxygen atoms in total. The number of nitrogens with zero attached hydrogens (tertiary/aromatic N) is 3. The lowest BCUT2D eigenvalue weighted by molar-refractivity contribution is 0.0462. The molecular weight excluding hydrogens is 408 g/mol. The van der Waals surface area contributed by atoms with Crippen LogP contribution in [0.2, 0.25) is 0 Å². The van der Waals surface area contributed by atoms with Crippen molar-refractivity contribution < 1.29 is 4.52 Å². The first-order valence-electron chi connectivity index (χ1n) is 13.0. The second-order valence-electron chi connectivity index (χ2n) is 11.5. The van der Waals surface area contributed by atoms with E-state index in [0.29, 0.717) is 16.7 Å². The molecule has 0 saturated heterocycles. The SMILES string of the molecule is Cn1nc(C2CC2)cc1C12CCC(CNc3cccc(-c4cc(C5CC5)no4)c3)(CC1)CC2. The topological polar surface area (TPSA) is 55.9 Å². The van der Waals surface area contributed by atoms with E-state index < -0.39 is 0 Å². The second kappa shape index (κ2) is 7.22. The smallest absolute Gasteiger partial charge is 0.167 e. The summed E-state index contributed by atoms with van der Waals surface area (Å²) in [4.78, 5) is 0. The van der Waals surface area contributed by atoms with Gasteiger partial charge in [-0.15, -0.1) is 0 Å². The number of hydrogen-bond donors (Lipinski definition) is 1. The molecule has 0 amide bonds. The Morgan fingerprint density at radius 3 is 2.39 bits per heavy atom. The van der Waals surface area contributed by atoms with Crippen molar-refractivity contribution >= 4 is 5.69 Å². The summed E-state index contributed by atoms with van der Waals surface area (Å²) in [5.41, 5.74) is 7.08. The number of aryl methyl sites for hydroxylation is 1. The molecule has 5 fully saturated rings. The van der Waals surface area contributed by atoms with E-state index >= 15 is 0 Å². The normalized spacial score (nSPS) is 28.9. The van der Waals surface area contributed by atoms with E-state index in [1.807, 2.05) is 0 Å². The van der Waals surface area contributed by atoms with Gasteiger partial charge in [-0.25, -0.2) is 0 Å². The Morgan fingerprint density at radius 1 is 0.939 bits per heavy atom. The number of hydrogen-bond acceptors (Lipinski definition) is 4. The van der Waals surface area contributed by atoms with Crippen LogP contribution < -0.4 is 5.32 Å². The third-order valence-corrected chi connectivity index (χ3v) is 9.18. The summed E-state index contributed by atoms with van der Waals surface area (Å²) in [7, 11) is 2.17. The van der Waals surface area contributed by atoms with Crippen molar-refractivity contribution in [3.8, 4) is 11.3 Å². The van der Waals surface area contributed by atoms with Crippen LogP contribution in [0.1, 0.15) is 93.1 Å². The molecule has 8 rings (SSSR count). The Labute approximate surface area is 195 Å². The predicted molar refractivity (Wildman–Crippen MR) is 129 cm³/mol. The summed E-state index contributed by atoms with van der Waals surface area (Å²) in [6.45, 7) is 1.06. The standard InChI is InChI=1S/C28H34N4O/c1-32-26(17-23(30-32)19-5-6-19)28-12-9-27(10-13-28,11-14-28)18-29-22-4-2-3-21(15-22)25-16-24(31-33-25)20-7-8-20/h2-4,15-17,19-20,29H,5-14,18H2,1H3. The molecule has 2 aromatic heterocycles. The van der Waals surface area contributed by atoms with Gasteiger partial charge in [0.15, 0.2) is 5.76 Å². The largest absolute Gasteiger partial charge is 0.384 e. The summed E-state index contributed by atoms with van der Waals surface area (Å²) < 4.78 is 7.86. The fourth-order valence-electron chi connectivity index (χ4n) is 6.55. The van der Waals surface area contributed by atoms with Crippen LogP contribution in [0.15, 0.2) is 40.9 Å². The number of nitrogens with one attached hydrogen (secondary N) is 1. The molecule has 0 atom stereocenters. The zero-order valence-electron chi connectivity index (χ0n) is 19.6. The fraction of sp³-hybridized carbons (Fsp3) is 0.571. The van der Waals surface area contributed by atoms with Gasteiger partial charge in [0.2, 0.25) is 0 Å². The van der Waals surface area contributed by atoms with Gasteiger partial charge in [-0.1, -0.05) is 17.3 Å². The van der Waals surface area contributed by atoms with Gasteiger partial charge in [-0.3, -0.25) is 4.68 Å². The van der Waals surface area contributed by atoms with Crippen LogP contribution in [0.5, 0.6) is 0 Å². The van der Waals surface area contributed by atoms with E-state index in [9.17, 15) is 0 Å². The van der Waals surface area contributed by atoms with Crippen molar-refractivity contribution in [1.29, 1.82) is 0 Å². The van der Waals surface area contributed by atoms with Gasteiger partial charge in [0, 0.05) is 53.9 Å². The molecule has 1 aromatic carbocycles. The van der Waals surface area contributed by atoms with Gasteiger partial charge < -0.3 is 9.84 Å². The molecule has 5 aliphatic rings. The van der Waals surface area contributed by atoms with Crippen molar-refractivity contribution in [3.63, 3.8) is 0 Å². The van der Waals surface area contributed by atoms with E-state index in [0.717, 1.165) is 29.5 Å². The first kappa shape index (κ1) is 19.9. The Hall–Kier alpha value is -2.56. The monoisotopic (exact) mass is 442 g/mol. The Balaban J connectivity index is 1.03. The summed E-state index contributed by atoms with van der Waals surface area (Å²) >= 11 is 0. The van der Waals surface area contributed by atoms with E-state index in [-0.39, 0.29) is 0 Å². The average molecular weight is 443 g/mol. The fourth-order valence-corrected chi connectivity index (χ4v) is 6.55. The molecule has 0 radical (unpaired) electrons. The lowest BCUT2D eigenvalue weighted by Crippen LogP contribution is -2.47. The van der Waals surface area contributed by atoms with E-state index in [1.165, 1.54) is 81.3 Å². The first-order chi connectivity index (χ1) is 16.1. The van der Waals surface area contributed by atoms with Gasteiger partial charge in [0.1, 0.15) is 0 Å². The van der Waals surface area contributed by atoms with Gasteiger partial charge in [-0.2, -0.15) is 5.10 Å². The lowest BCUT2D eigenvalue weighted by Gasteiger charge is -2.53. The van der Waals surface area contributed by atoms with Crippen LogP contribution >= 0.6 is 0 Å². The highest BCUT2D eigenvalue weighted by atomic mass is 16.5. The Bertz CT molecular complexity index is 1160. The molecular formula is C28H34N4O. The minimum atomic E-state index is 0.363. The molecule has 5 heteroatoms. The van der Waals surface area contributed by atoms with Gasteiger partial charge in [0.05, 0.1) is 11.4 Å². The van der Waals surface area contributed by atoms with Crippen molar-refractivity contribution in [2.45, 2.75) is 81.5 Å². The number of rotatable bonds is 7. The molecule has 3 aromatic rings. The molecule has 5 saturated carbocycles. The Kier molecular flexibility index (Phi) is 4.35.